The number of carbonyl (C=O) groups is 2. The topological polar surface area (TPSA) is 87.7 Å². The van der Waals surface area contributed by atoms with Gasteiger partial charge in [0.2, 0.25) is 0 Å². The van der Waals surface area contributed by atoms with Crippen molar-refractivity contribution in [3.63, 3.8) is 0 Å². The van der Waals surface area contributed by atoms with E-state index in [2.05, 4.69) is 15.4 Å². The second-order valence-corrected chi connectivity index (χ2v) is 3.77. The summed E-state index contributed by atoms with van der Waals surface area (Å²) in [5.74, 6) is -1.04. The van der Waals surface area contributed by atoms with Crippen molar-refractivity contribution < 1.29 is 32.6 Å². The fourth-order valence-electron chi connectivity index (χ4n) is 1.17. The number of nitrogens with one attached hydrogen (secondary N) is 2. The largest absolute Gasteiger partial charge is 0.481 e. The second kappa shape index (κ2) is 8.57. The molecule has 0 aliphatic heterocycles. The Hall–Kier alpha value is -1.51. The summed E-state index contributed by atoms with van der Waals surface area (Å²) in [6.07, 6.45) is -4.17. The molecule has 2 amide bonds. The summed E-state index contributed by atoms with van der Waals surface area (Å²) < 4.78 is 39.4. The van der Waals surface area contributed by atoms with Gasteiger partial charge < -0.3 is 20.5 Å². The van der Waals surface area contributed by atoms with Gasteiger partial charge in [-0.05, 0) is 6.42 Å². The maximum Gasteiger partial charge on any atom is 0.411 e. The first-order valence-electron chi connectivity index (χ1n) is 5.65. The molecule has 112 valence electrons. The maximum atomic E-state index is 11.7. The van der Waals surface area contributed by atoms with E-state index in [1.807, 2.05) is 0 Å². The molecule has 0 aromatic carbocycles. The molecule has 0 aliphatic rings. The van der Waals surface area contributed by atoms with Crippen LogP contribution < -0.4 is 10.6 Å². The van der Waals surface area contributed by atoms with Crippen LogP contribution in [0.2, 0.25) is 0 Å². The molecular weight excluding hydrogens is 269 g/mol. The zero-order valence-corrected chi connectivity index (χ0v) is 10.4. The van der Waals surface area contributed by atoms with Gasteiger partial charge in [-0.2, -0.15) is 13.2 Å². The van der Waals surface area contributed by atoms with Crippen molar-refractivity contribution in [3.05, 3.63) is 0 Å². The van der Waals surface area contributed by atoms with Gasteiger partial charge in [0, 0.05) is 12.6 Å². The van der Waals surface area contributed by atoms with Crippen LogP contribution in [0.15, 0.2) is 0 Å². The molecule has 0 rings (SSSR count). The number of carbonyl (C=O) groups excluding carboxylic acids is 1. The summed E-state index contributed by atoms with van der Waals surface area (Å²) in [6, 6.07) is -1.16. The Morgan fingerprint density at radius 1 is 1.37 bits per heavy atom. The predicted molar refractivity (Wildman–Crippen MR) is 59.7 cm³/mol. The lowest BCUT2D eigenvalue weighted by atomic mass is 10.1. The number of aliphatic carboxylic acids is 1. The van der Waals surface area contributed by atoms with E-state index in [9.17, 15) is 22.8 Å². The molecule has 0 heterocycles. The van der Waals surface area contributed by atoms with Gasteiger partial charge in [0.25, 0.3) is 0 Å². The molecule has 1 unspecified atom stereocenters. The summed E-state index contributed by atoms with van der Waals surface area (Å²) in [4.78, 5) is 21.7. The molecule has 3 N–H and O–H groups in total. The number of halogens is 3. The van der Waals surface area contributed by atoms with E-state index in [0.29, 0.717) is 6.42 Å². The summed E-state index contributed by atoms with van der Waals surface area (Å²) >= 11 is 0. The molecule has 0 spiro atoms. The van der Waals surface area contributed by atoms with Crippen molar-refractivity contribution in [2.24, 2.45) is 0 Å². The highest BCUT2D eigenvalue weighted by atomic mass is 19.4. The number of carboxylic acid groups (broad SMARTS) is 1. The van der Waals surface area contributed by atoms with Gasteiger partial charge in [0.1, 0.15) is 6.61 Å². The molecule has 0 saturated carbocycles. The highest BCUT2D eigenvalue weighted by Gasteiger charge is 2.27. The monoisotopic (exact) mass is 286 g/mol. The lowest BCUT2D eigenvalue weighted by Gasteiger charge is -2.15. The molecule has 9 heteroatoms. The molecule has 0 saturated heterocycles. The lowest BCUT2D eigenvalue weighted by Crippen LogP contribution is -2.43. The minimum atomic E-state index is -4.39. The summed E-state index contributed by atoms with van der Waals surface area (Å²) in [5, 5.41) is 13.2. The van der Waals surface area contributed by atoms with Gasteiger partial charge in [-0.15, -0.1) is 0 Å². The van der Waals surface area contributed by atoms with Crippen molar-refractivity contribution in [2.75, 3.05) is 19.8 Å². The first-order chi connectivity index (χ1) is 8.74. The zero-order valence-electron chi connectivity index (χ0n) is 10.4. The summed E-state index contributed by atoms with van der Waals surface area (Å²) in [7, 11) is 0. The fraction of sp³-hybridized carbons (Fsp3) is 0.800. The van der Waals surface area contributed by atoms with Crippen LogP contribution in [0.3, 0.4) is 0 Å². The van der Waals surface area contributed by atoms with E-state index in [0.717, 1.165) is 0 Å². The number of hydrogen-bond acceptors (Lipinski definition) is 3. The number of carboxylic acids is 1. The smallest absolute Gasteiger partial charge is 0.411 e. The molecule has 0 radical (unpaired) electrons. The standard InChI is InChI=1S/C10H17F3N2O4/c1-2-7(5-8(16)17)15-9(18)14-3-4-19-6-10(11,12)13/h7H,2-6H2,1H3,(H,16,17)(H2,14,15,18). The van der Waals surface area contributed by atoms with Crippen LogP contribution in [0, 0.1) is 0 Å². The van der Waals surface area contributed by atoms with E-state index < -0.39 is 30.8 Å². The Kier molecular flexibility index (Phi) is 7.89. The normalized spacial score (nSPS) is 12.8. The van der Waals surface area contributed by atoms with Crippen molar-refractivity contribution in [3.8, 4) is 0 Å². The average Bonchev–Trinajstić information content (AvgIpc) is 2.25. The maximum absolute atomic E-state index is 11.7. The Morgan fingerprint density at radius 3 is 2.47 bits per heavy atom. The molecule has 0 fully saturated rings. The zero-order chi connectivity index (χ0) is 14.9. The highest BCUT2D eigenvalue weighted by Crippen LogP contribution is 2.13. The Morgan fingerprint density at radius 2 is 2.00 bits per heavy atom. The Bertz CT molecular complexity index is 297. The highest BCUT2D eigenvalue weighted by molar-refractivity contribution is 5.75. The van der Waals surface area contributed by atoms with E-state index in [4.69, 9.17) is 5.11 Å². The first-order valence-corrected chi connectivity index (χ1v) is 5.65. The van der Waals surface area contributed by atoms with Crippen LogP contribution in [-0.2, 0) is 9.53 Å². The third kappa shape index (κ3) is 11.3. The molecule has 0 aliphatic carbocycles. The molecule has 0 aromatic heterocycles. The van der Waals surface area contributed by atoms with Crippen molar-refractivity contribution in [2.45, 2.75) is 32.0 Å². The van der Waals surface area contributed by atoms with Crippen molar-refractivity contribution in [1.29, 1.82) is 0 Å². The van der Waals surface area contributed by atoms with E-state index in [1.165, 1.54) is 0 Å². The number of rotatable bonds is 8. The first kappa shape index (κ1) is 17.5. The molecule has 1 atom stereocenters. The van der Waals surface area contributed by atoms with Gasteiger partial charge >= 0.3 is 18.2 Å². The Labute approximate surface area is 108 Å². The molecule has 0 aromatic rings. The van der Waals surface area contributed by atoms with Crippen LogP contribution in [-0.4, -0.2) is 49.1 Å². The van der Waals surface area contributed by atoms with Crippen molar-refractivity contribution in [1.82, 2.24) is 10.6 Å². The number of ether oxygens (including phenoxy) is 1. The molecular formula is C10H17F3N2O4. The third-order valence-corrected chi connectivity index (χ3v) is 2.05. The fourth-order valence-corrected chi connectivity index (χ4v) is 1.17. The SMILES string of the molecule is CCC(CC(=O)O)NC(=O)NCCOCC(F)(F)F. The van der Waals surface area contributed by atoms with Gasteiger partial charge in [-0.25, -0.2) is 4.79 Å². The summed E-state index contributed by atoms with van der Waals surface area (Å²) in [6.45, 7) is -0.0265. The van der Waals surface area contributed by atoms with Gasteiger partial charge in [0.05, 0.1) is 13.0 Å². The quantitative estimate of drug-likeness (QED) is 0.583. The number of alkyl halides is 3. The minimum Gasteiger partial charge on any atom is -0.481 e. The van der Waals surface area contributed by atoms with Crippen LogP contribution in [0.5, 0.6) is 0 Å². The van der Waals surface area contributed by atoms with Crippen LogP contribution in [0.1, 0.15) is 19.8 Å². The second-order valence-electron chi connectivity index (χ2n) is 3.77. The predicted octanol–water partition coefficient (Wildman–Crippen LogP) is 1.12. The van der Waals surface area contributed by atoms with E-state index in [1.54, 1.807) is 6.92 Å². The van der Waals surface area contributed by atoms with Gasteiger partial charge in [-0.1, -0.05) is 6.92 Å². The number of amides is 2. The van der Waals surface area contributed by atoms with Gasteiger partial charge in [-0.3, -0.25) is 4.79 Å². The third-order valence-electron chi connectivity index (χ3n) is 2.05. The molecule has 6 nitrogen and oxygen atoms in total. The summed E-state index contributed by atoms with van der Waals surface area (Å²) in [5.41, 5.74) is 0. The van der Waals surface area contributed by atoms with E-state index >= 15 is 0 Å². The minimum absolute atomic E-state index is 0.0918. The average molecular weight is 286 g/mol. The van der Waals surface area contributed by atoms with Crippen molar-refractivity contribution >= 4 is 12.0 Å². The molecule has 0 bridgehead atoms. The van der Waals surface area contributed by atoms with Gasteiger partial charge in [0.15, 0.2) is 0 Å². The van der Waals surface area contributed by atoms with Crippen LogP contribution in [0.25, 0.3) is 0 Å². The lowest BCUT2D eigenvalue weighted by molar-refractivity contribution is -0.173. The van der Waals surface area contributed by atoms with Crippen LogP contribution >= 0.6 is 0 Å². The Balaban J connectivity index is 3.71. The molecule has 19 heavy (non-hydrogen) atoms. The van der Waals surface area contributed by atoms with E-state index in [-0.39, 0.29) is 19.6 Å². The van der Waals surface area contributed by atoms with Crippen LogP contribution in [0.4, 0.5) is 18.0 Å². The number of hydrogen-bond donors (Lipinski definition) is 3. The number of urea groups is 1.